The van der Waals surface area contributed by atoms with Crippen LogP contribution in [0, 0.1) is 0 Å². The Morgan fingerprint density at radius 1 is 1.24 bits per heavy atom. The molecule has 0 unspecified atom stereocenters. The lowest BCUT2D eigenvalue weighted by atomic mass is 10.1. The molecule has 0 aliphatic heterocycles. The lowest BCUT2D eigenvalue weighted by Gasteiger charge is -2.11. The minimum atomic E-state index is -0.0302. The van der Waals surface area contributed by atoms with Crippen molar-refractivity contribution in [2.45, 2.75) is 19.6 Å². The fourth-order valence-electron chi connectivity index (χ4n) is 2.22. The predicted octanol–water partition coefficient (Wildman–Crippen LogP) is 5.15. The summed E-state index contributed by atoms with van der Waals surface area (Å²) in [5.41, 5.74) is 8.04. The van der Waals surface area contributed by atoms with Crippen molar-refractivity contribution in [3.05, 3.63) is 64.0 Å². The summed E-state index contributed by atoms with van der Waals surface area (Å²) in [5.74, 6) is 0.691. The molecule has 0 radical (unpaired) electrons. The van der Waals surface area contributed by atoms with E-state index in [1.54, 1.807) is 11.3 Å². The summed E-state index contributed by atoms with van der Waals surface area (Å²) in [6.45, 7) is 2.45. The lowest BCUT2D eigenvalue weighted by Crippen LogP contribution is -2.05. The van der Waals surface area contributed by atoms with Crippen LogP contribution in [0.15, 0.2) is 47.8 Å². The normalized spacial score (nSPS) is 12.5. The molecular formula is C17H16ClNOS. The summed E-state index contributed by atoms with van der Waals surface area (Å²) in [6, 6.07) is 14.0. The Morgan fingerprint density at radius 2 is 2.05 bits per heavy atom. The maximum Gasteiger partial charge on any atom is 0.138 e. The van der Waals surface area contributed by atoms with E-state index >= 15 is 0 Å². The fourth-order valence-corrected chi connectivity index (χ4v) is 3.41. The fraction of sp³-hybridized carbons (Fsp3) is 0.176. The van der Waals surface area contributed by atoms with E-state index in [0.29, 0.717) is 17.4 Å². The van der Waals surface area contributed by atoms with Gasteiger partial charge in [-0.15, -0.1) is 11.3 Å². The Labute approximate surface area is 133 Å². The van der Waals surface area contributed by atoms with E-state index in [9.17, 15) is 0 Å². The van der Waals surface area contributed by atoms with E-state index in [-0.39, 0.29) is 6.04 Å². The molecule has 2 nitrogen and oxygen atoms in total. The van der Waals surface area contributed by atoms with Gasteiger partial charge >= 0.3 is 0 Å². The molecule has 1 atom stereocenters. The van der Waals surface area contributed by atoms with Crippen molar-refractivity contribution in [3.8, 4) is 5.75 Å². The minimum absolute atomic E-state index is 0.0302. The average molecular weight is 318 g/mol. The molecule has 0 bridgehead atoms. The first-order chi connectivity index (χ1) is 10.1. The molecule has 3 aromatic rings. The van der Waals surface area contributed by atoms with Gasteiger partial charge in [0.2, 0.25) is 0 Å². The smallest absolute Gasteiger partial charge is 0.138 e. The Morgan fingerprint density at radius 3 is 2.81 bits per heavy atom. The number of fused-ring (bicyclic) bond motifs is 1. The molecule has 1 heterocycles. The van der Waals surface area contributed by atoms with E-state index in [2.05, 4.69) is 17.5 Å². The van der Waals surface area contributed by atoms with Crippen LogP contribution in [-0.2, 0) is 6.61 Å². The number of ether oxygens (including phenoxy) is 1. The molecule has 4 heteroatoms. The third-order valence-corrected chi connectivity index (χ3v) is 4.73. The van der Waals surface area contributed by atoms with Crippen LogP contribution in [0.4, 0.5) is 0 Å². The molecule has 0 aliphatic carbocycles. The molecule has 0 fully saturated rings. The van der Waals surface area contributed by atoms with E-state index in [4.69, 9.17) is 22.1 Å². The molecule has 0 aliphatic rings. The van der Waals surface area contributed by atoms with Gasteiger partial charge in [-0.3, -0.25) is 0 Å². The zero-order valence-electron chi connectivity index (χ0n) is 11.7. The Bertz CT molecular complexity index is 766. The van der Waals surface area contributed by atoms with Crippen molar-refractivity contribution in [2.24, 2.45) is 5.73 Å². The van der Waals surface area contributed by atoms with E-state index in [1.807, 2.05) is 37.3 Å². The first-order valence-corrected chi connectivity index (χ1v) is 8.04. The summed E-state index contributed by atoms with van der Waals surface area (Å²) in [5, 5.41) is 3.98. The molecule has 21 heavy (non-hydrogen) atoms. The summed E-state index contributed by atoms with van der Waals surface area (Å²) in [4.78, 5) is 0. The van der Waals surface area contributed by atoms with Crippen molar-refractivity contribution in [2.75, 3.05) is 0 Å². The third-order valence-electron chi connectivity index (χ3n) is 3.43. The summed E-state index contributed by atoms with van der Waals surface area (Å²) in [7, 11) is 0. The number of halogens is 1. The van der Waals surface area contributed by atoms with Gasteiger partial charge in [0.05, 0.1) is 5.02 Å². The van der Waals surface area contributed by atoms with Crippen LogP contribution in [0.25, 0.3) is 10.1 Å². The van der Waals surface area contributed by atoms with Crippen LogP contribution >= 0.6 is 22.9 Å². The number of thiophene rings is 1. The molecule has 0 spiro atoms. The van der Waals surface area contributed by atoms with Crippen LogP contribution in [0.3, 0.4) is 0 Å². The molecule has 0 saturated heterocycles. The zero-order valence-corrected chi connectivity index (χ0v) is 13.2. The molecular weight excluding hydrogens is 302 g/mol. The van der Waals surface area contributed by atoms with Crippen LogP contribution in [0.2, 0.25) is 5.02 Å². The van der Waals surface area contributed by atoms with Gasteiger partial charge in [-0.1, -0.05) is 35.9 Å². The van der Waals surface area contributed by atoms with Gasteiger partial charge in [-0.05, 0) is 41.5 Å². The van der Waals surface area contributed by atoms with Crippen molar-refractivity contribution in [1.29, 1.82) is 0 Å². The quantitative estimate of drug-likeness (QED) is 0.722. The first-order valence-electron chi connectivity index (χ1n) is 6.78. The van der Waals surface area contributed by atoms with Gasteiger partial charge in [0.1, 0.15) is 12.4 Å². The molecule has 3 rings (SSSR count). The molecule has 108 valence electrons. The predicted molar refractivity (Wildman–Crippen MR) is 90.2 cm³/mol. The van der Waals surface area contributed by atoms with Gasteiger partial charge in [-0.2, -0.15) is 0 Å². The summed E-state index contributed by atoms with van der Waals surface area (Å²) < 4.78 is 7.13. The summed E-state index contributed by atoms with van der Waals surface area (Å²) >= 11 is 7.98. The van der Waals surface area contributed by atoms with Crippen LogP contribution in [0.5, 0.6) is 5.75 Å². The monoisotopic (exact) mass is 317 g/mol. The van der Waals surface area contributed by atoms with Gasteiger partial charge in [0.25, 0.3) is 0 Å². The number of rotatable bonds is 4. The Balaban J connectivity index is 1.79. The second kappa shape index (κ2) is 6.06. The van der Waals surface area contributed by atoms with Crippen LogP contribution < -0.4 is 10.5 Å². The van der Waals surface area contributed by atoms with Gasteiger partial charge in [-0.25, -0.2) is 0 Å². The molecule has 0 saturated carbocycles. The molecule has 0 amide bonds. The number of benzene rings is 2. The Kier molecular flexibility index (Phi) is 4.15. The van der Waals surface area contributed by atoms with Crippen molar-refractivity contribution in [1.82, 2.24) is 0 Å². The van der Waals surface area contributed by atoms with Crippen LogP contribution in [0.1, 0.15) is 24.1 Å². The third kappa shape index (κ3) is 3.05. The Hall–Kier alpha value is -1.55. The highest BCUT2D eigenvalue weighted by atomic mass is 35.5. The standard InChI is InChI=1S/C17H16ClNOS/c1-11(19)12-6-7-16(15(18)8-12)20-9-13-10-21-17-5-3-2-4-14(13)17/h2-8,10-11H,9,19H2,1H3/t11-/m1/s1. The second-order valence-electron chi connectivity index (χ2n) is 5.02. The zero-order chi connectivity index (χ0) is 14.8. The van der Waals surface area contributed by atoms with E-state index in [1.165, 1.54) is 15.6 Å². The largest absolute Gasteiger partial charge is 0.487 e. The van der Waals surface area contributed by atoms with Gasteiger partial charge < -0.3 is 10.5 Å². The minimum Gasteiger partial charge on any atom is -0.487 e. The second-order valence-corrected chi connectivity index (χ2v) is 6.34. The van der Waals surface area contributed by atoms with Crippen molar-refractivity contribution >= 4 is 33.0 Å². The van der Waals surface area contributed by atoms with Gasteiger partial charge in [0.15, 0.2) is 0 Å². The maximum absolute atomic E-state index is 6.25. The highest BCUT2D eigenvalue weighted by molar-refractivity contribution is 7.17. The topological polar surface area (TPSA) is 35.2 Å². The number of nitrogens with two attached hydrogens (primary N) is 1. The van der Waals surface area contributed by atoms with E-state index in [0.717, 1.165) is 5.56 Å². The SMILES string of the molecule is C[C@@H](N)c1ccc(OCc2csc3ccccc23)c(Cl)c1. The lowest BCUT2D eigenvalue weighted by molar-refractivity contribution is 0.308. The highest BCUT2D eigenvalue weighted by Crippen LogP contribution is 2.30. The molecule has 1 aromatic heterocycles. The number of hydrogen-bond acceptors (Lipinski definition) is 3. The first kappa shape index (κ1) is 14.4. The summed E-state index contributed by atoms with van der Waals surface area (Å²) in [6.07, 6.45) is 0. The average Bonchev–Trinajstić information content (AvgIpc) is 2.89. The van der Waals surface area contributed by atoms with Gasteiger partial charge in [0, 0.05) is 16.3 Å². The molecule has 2 N–H and O–H groups in total. The van der Waals surface area contributed by atoms with E-state index < -0.39 is 0 Å². The van der Waals surface area contributed by atoms with Crippen molar-refractivity contribution < 1.29 is 4.74 Å². The maximum atomic E-state index is 6.25. The number of hydrogen-bond donors (Lipinski definition) is 1. The molecule has 2 aromatic carbocycles. The van der Waals surface area contributed by atoms with Crippen molar-refractivity contribution in [3.63, 3.8) is 0 Å². The highest BCUT2D eigenvalue weighted by Gasteiger charge is 2.08. The van der Waals surface area contributed by atoms with Crippen LogP contribution in [-0.4, -0.2) is 0 Å².